The van der Waals surface area contributed by atoms with Gasteiger partial charge in [0, 0.05) is 0 Å². The summed E-state index contributed by atoms with van der Waals surface area (Å²) in [5.41, 5.74) is -0.0308. The summed E-state index contributed by atoms with van der Waals surface area (Å²) in [7, 11) is -3.16. The maximum absolute atomic E-state index is 9.64. The fourth-order valence-corrected chi connectivity index (χ4v) is 3.27. The predicted molar refractivity (Wildman–Crippen MR) is 61.9 cm³/mol. The first kappa shape index (κ1) is 13.4. The van der Waals surface area contributed by atoms with Gasteiger partial charge in [-0.05, 0) is 20.3 Å². The number of unbranched alkanes of at least 4 members (excludes halogenated alkanes) is 1. The zero-order valence-electron chi connectivity index (χ0n) is 8.41. The van der Waals surface area contributed by atoms with E-state index in [1.165, 1.54) is 0 Å². The third-order valence-corrected chi connectivity index (χ3v) is 4.38. The van der Waals surface area contributed by atoms with Crippen molar-refractivity contribution in [3.63, 3.8) is 0 Å². The maximum Gasteiger partial charge on any atom is 0.315 e. The van der Waals surface area contributed by atoms with Crippen LogP contribution >= 0.6 is 20.3 Å². The van der Waals surface area contributed by atoms with Crippen molar-refractivity contribution in [2.45, 2.75) is 38.4 Å². The number of thiol groups is 1. The lowest BCUT2D eigenvalue weighted by molar-refractivity contribution is 0.463. The Hall–Kier alpha value is 0.370. The Bertz CT molecular complexity index is 189. The van der Waals surface area contributed by atoms with Crippen molar-refractivity contribution in [1.29, 1.82) is 5.41 Å². The van der Waals surface area contributed by atoms with E-state index in [1.54, 1.807) is 13.8 Å². The SMILES string of the molecule is CCCC[P+](O)(O)C(=N)C(C)(C)S. The van der Waals surface area contributed by atoms with Gasteiger partial charge in [-0.15, -0.1) is 0 Å². The average molecular weight is 224 g/mol. The Morgan fingerprint density at radius 2 is 1.92 bits per heavy atom. The normalized spacial score (nSPS) is 13.1. The second-order valence-corrected chi connectivity index (χ2v) is 7.19. The molecule has 0 rings (SSSR count). The second-order valence-electron chi connectivity index (χ2n) is 3.72. The van der Waals surface area contributed by atoms with E-state index >= 15 is 0 Å². The van der Waals surface area contributed by atoms with Crippen LogP contribution in [0.3, 0.4) is 0 Å². The third kappa shape index (κ3) is 4.41. The lowest BCUT2D eigenvalue weighted by Gasteiger charge is -2.21. The Balaban J connectivity index is 4.36. The molecule has 0 atom stereocenters. The molecule has 0 unspecified atom stereocenters. The summed E-state index contributed by atoms with van der Waals surface area (Å²) in [5.74, 6) is 0. The summed E-state index contributed by atoms with van der Waals surface area (Å²) < 4.78 is -0.731. The Morgan fingerprint density at radius 3 is 2.23 bits per heavy atom. The molecule has 78 valence electrons. The van der Waals surface area contributed by atoms with Gasteiger partial charge in [-0.2, -0.15) is 12.6 Å². The number of rotatable bonds is 5. The molecule has 0 aliphatic carbocycles. The zero-order chi connectivity index (χ0) is 10.7. The first-order valence-electron chi connectivity index (χ1n) is 4.37. The molecule has 3 N–H and O–H groups in total. The minimum Gasteiger partial charge on any atom is -0.266 e. The van der Waals surface area contributed by atoms with Crippen LogP contribution in [0.25, 0.3) is 0 Å². The molecular formula is C8H19NO2PS+. The fourth-order valence-electron chi connectivity index (χ4n) is 0.929. The molecule has 0 aliphatic rings. The van der Waals surface area contributed by atoms with Gasteiger partial charge in [-0.25, -0.2) is 9.79 Å². The van der Waals surface area contributed by atoms with Crippen LogP contribution in [-0.2, 0) is 0 Å². The van der Waals surface area contributed by atoms with Gasteiger partial charge in [-0.3, -0.25) is 5.41 Å². The summed E-state index contributed by atoms with van der Waals surface area (Å²) in [6, 6.07) is 0. The lowest BCUT2D eigenvalue weighted by atomic mass is 10.2. The van der Waals surface area contributed by atoms with Gasteiger partial charge in [0.1, 0.15) is 6.16 Å². The Morgan fingerprint density at radius 1 is 1.46 bits per heavy atom. The number of hydrogen-bond donors (Lipinski definition) is 4. The highest BCUT2D eigenvalue weighted by molar-refractivity contribution is 7.89. The van der Waals surface area contributed by atoms with Crippen molar-refractivity contribution in [3.8, 4) is 0 Å². The second kappa shape index (κ2) is 4.74. The zero-order valence-corrected chi connectivity index (χ0v) is 10.2. The largest absolute Gasteiger partial charge is 0.315 e. The monoisotopic (exact) mass is 224 g/mol. The van der Waals surface area contributed by atoms with E-state index < -0.39 is 12.5 Å². The highest BCUT2D eigenvalue weighted by Crippen LogP contribution is 2.55. The Labute approximate surface area is 86.0 Å². The molecule has 3 nitrogen and oxygen atoms in total. The Kier molecular flexibility index (Phi) is 4.87. The molecule has 5 heteroatoms. The summed E-state index contributed by atoms with van der Waals surface area (Å²) in [5, 5.41) is 7.59. The van der Waals surface area contributed by atoms with Crippen molar-refractivity contribution in [2.24, 2.45) is 0 Å². The van der Waals surface area contributed by atoms with E-state index in [2.05, 4.69) is 12.6 Å². The molecule has 0 aromatic heterocycles. The predicted octanol–water partition coefficient (Wildman–Crippen LogP) is 2.30. The van der Waals surface area contributed by atoms with Gasteiger partial charge in [0.05, 0.1) is 4.75 Å². The first-order valence-corrected chi connectivity index (χ1v) is 6.70. The summed E-state index contributed by atoms with van der Waals surface area (Å²) >= 11 is 4.15. The van der Waals surface area contributed by atoms with Crippen molar-refractivity contribution in [2.75, 3.05) is 6.16 Å². The molecule has 0 radical (unpaired) electrons. The smallest absolute Gasteiger partial charge is 0.266 e. The van der Waals surface area contributed by atoms with Gasteiger partial charge in [0.2, 0.25) is 5.45 Å². The molecule has 0 saturated heterocycles. The third-order valence-electron chi connectivity index (χ3n) is 1.76. The van der Waals surface area contributed by atoms with Gasteiger partial charge >= 0.3 is 7.72 Å². The maximum atomic E-state index is 9.64. The van der Waals surface area contributed by atoms with Crippen molar-refractivity contribution >= 4 is 25.8 Å². The average Bonchev–Trinajstić information content (AvgIpc) is 1.98. The lowest BCUT2D eigenvalue weighted by Crippen LogP contribution is -2.27. The minimum atomic E-state index is -3.16. The van der Waals surface area contributed by atoms with E-state index in [4.69, 9.17) is 5.41 Å². The molecule has 0 aliphatic heterocycles. The topological polar surface area (TPSA) is 64.3 Å². The van der Waals surface area contributed by atoms with Crippen LogP contribution in [-0.4, -0.2) is 26.1 Å². The molecule has 0 fully saturated rings. The van der Waals surface area contributed by atoms with Crippen LogP contribution in [0, 0.1) is 5.41 Å². The highest BCUT2D eigenvalue weighted by Gasteiger charge is 2.46. The van der Waals surface area contributed by atoms with Crippen LogP contribution in [0.2, 0.25) is 0 Å². The van der Waals surface area contributed by atoms with E-state index in [0.717, 1.165) is 12.8 Å². The molecule has 13 heavy (non-hydrogen) atoms. The van der Waals surface area contributed by atoms with Crippen LogP contribution in [0.5, 0.6) is 0 Å². The molecular weight excluding hydrogens is 205 g/mol. The van der Waals surface area contributed by atoms with E-state index in [0.29, 0.717) is 6.16 Å². The van der Waals surface area contributed by atoms with E-state index in [1.807, 2.05) is 6.92 Å². The highest BCUT2D eigenvalue weighted by atomic mass is 32.1. The number of hydrogen-bond acceptors (Lipinski definition) is 4. The molecule has 0 spiro atoms. The van der Waals surface area contributed by atoms with Gasteiger partial charge in [0.15, 0.2) is 0 Å². The molecule has 0 bridgehead atoms. The van der Waals surface area contributed by atoms with Crippen molar-refractivity contribution < 1.29 is 9.79 Å². The summed E-state index contributed by atoms with van der Waals surface area (Å²) in [6.07, 6.45) is 1.96. The molecule has 0 saturated carbocycles. The van der Waals surface area contributed by atoms with Crippen LogP contribution in [0.4, 0.5) is 0 Å². The first-order chi connectivity index (χ1) is 5.72. The van der Waals surface area contributed by atoms with Crippen molar-refractivity contribution in [1.82, 2.24) is 0 Å². The van der Waals surface area contributed by atoms with E-state index in [9.17, 15) is 9.79 Å². The fraction of sp³-hybridized carbons (Fsp3) is 0.875. The van der Waals surface area contributed by atoms with Gasteiger partial charge < -0.3 is 0 Å². The molecule has 0 amide bonds. The quantitative estimate of drug-likeness (QED) is 0.329. The van der Waals surface area contributed by atoms with Gasteiger partial charge in [0.25, 0.3) is 0 Å². The minimum absolute atomic E-state index is 0.0308. The molecule has 0 aromatic carbocycles. The standard InChI is InChI=1S/C8H18NO2PS/c1-4-5-6-12(10,11)7(9)8(2,3)13/h9-11H,4-6H2,1-3H3/p+1. The number of nitrogens with one attached hydrogen (secondary N) is 1. The summed E-state index contributed by atoms with van der Waals surface area (Å²) in [6.45, 7) is 5.38. The van der Waals surface area contributed by atoms with Gasteiger partial charge in [-0.1, -0.05) is 13.3 Å². The van der Waals surface area contributed by atoms with Crippen LogP contribution < -0.4 is 0 Å². The molecule has 0 aromatic rings. The van der Waals surface area contributed by atoms with Crippen LogP contribution in [0.15, 0.2) is 0 Å². The van der Waals surface area contributed by atoms with Crippen LogP contribution in [0.1, 0.15) is 33.6 Å². The summed E-state index contributed by atoms with van der Waals surface area (Å²) in [4.78, 5) is 19.3. The van der Waals surface area contributed by atoms with E-state index in [-0.39, 0.29) is 5.45 Å². The molecule has 0 heterocycles. The van der Waals surface area contributed by atoms with Crippen molar-refractivity contribution in [3.05, 3.63) is 0 Å².